The van der Waals surface area contributed by atoms with Crippen LogP contribution in [0.4, 0.5) is 0 Å². The highest BCUT2D eigenvalue weighted by Gasteiger charge is 2.23. The van der Waals surface area contributed by atoms with E-state index in [4.69, 9.17) is 18.9 Å². The maximum atomic E-state index is 12.0. The van der Waals surface area contributed by atoms with Gasteiger partial charge in [-0.2, -0.15) is 9.97 Å². The molecule has 7 nitrogen and oxygen atoms in total. The van der Waals surface area contributed by atoms with Crippen LogP contribution < -0.4 is 14.2 Å². The Balaban J connectivity index is 2.22. The van der Waals surface area contributed by atoms with Gasteiger partial charge in [-0.1, -0.05) is 30.3 Å². The molecular formula is C16H18N2O5. The minimum absolute atomic E-state index is 0.0208. The fourth-order valence-electron chi connectivity index (χ4n) is 1.91. The second kappa shape index (κ2) is 7.98. The number of esters is 1. The summed E-state index contributed by atoms with van der Waals surface area (Å²) in [5.74, 6) is 0.0320. The van der Waals surface area contributed by atoms with E-state index >= 15 is 0 Å². The van der Waals surface area contributed by atoms with Gasteiger partial charge in [0.2, 0.25) is 17.9 Å². The second-order valence-electron chi connectivity index (χ2n) is 4.55. The number of carbonyl (C=O) groups is 1. The summed E-state index contributed by atoms with van der Waals surface area (Å²) in [5.41, 5.74) is 0.928. The molecule has 0 aliphatic heterocycles. The Morgan fingerprint density at radius 2 is 1.65 bits per heavy atom. The number of ether oxygens (including phenoxy) is 4. The Kier molecular flexibility index (Phi) is 5.74. The first-order valence-electron chi connectivity index (χ1n) is 6.91. The third kappa shape index (κ3) is 4.57. The highest BCUT2D eigenvalue weighted by atomic mass is 16.6. The van der Waals surface area contributed by atoms with E-state index in [2.05, 4.69) is 9.97 Å². The maximum absolute atomic E-state index is 12.0. The maximum Gasteiger partial charge on any atom is 0.347 e. The topological polar surface area (TPSA) is 79.8 Å². The van der Waals surface area contributed by atoms with Crippen molar-refractivity contribution in [3.05, 3.63) is 42.0 Å². The Hall–Kier alpha value is -2.83. The first kappa shape index (κ1) is 16.5. The molecule has 1 heterocycles. The number of rotatable bonds is 7. The lowest BCUT2D eigenvalue weighted by molar-refractivity contribution is -0.149. The fraction of sp³-hybridized carbons (Fsp3) is 0.312. The van der Waals surface area contributed by atoms with Crippen molar-refractivity contribution in [2.75, 3.05) is 21.3 Å². The van der Waals surface area contributed by atoms with Crippen molar-refractivity contribution in [1.29, 1.82) is 0 Å². The molecule has 1 aromatic heterocycles. The van der Waals surface area contributed by atoms with Gasteiger partial charge in [0.1, 0.15) is 0 Å². The number of nitrogens with zero attached hydrogens (tertiary/aromatic N) is 2. The fourth-order valence-corrected chi connectivity index (χ4v) is 1.91. The molecule has 23 heavy (non-hydrogen) atoms. The molecule has 122 valence electrons. The average Bonchev–Trinajstić information content (AvgIpc) is 2.60. The monoisotopic (exact) mass is 318 g/mol. The smallest absolute Gasteiger partial charge is 0.347 e. The Bertz CT molecular complexity index is 626. The molecule has 0 saturated carbocycles. The molecule has 2 rings (SSSR count). The summed E-state index contributed by atoms with van der Waals surface area (Å²) >= 11 is 0. The average molecular weight is 318 g/mol. The van der Waals surface area contributed by atoms with E-state index in [1.165, 1.54) is 27.4 Å². The minimum atomic E-state index is -0.876. The lowest BCUT2D eigenvalue weighted by Crippen LogP contribution is -2.31. The van der Waals surface area contributed by atoms with Gasteiger partial charge in [0.05, 0.1) is 27.4 Å². The predicted molar refractivity (Wildman–Crippen MR) is 81.7 cm³/mol. The number of hydrogen-bond donors (Lipinski definition) is 0. The summed E-state index contributed by atoms with van der Waals surface area (Å²) < 4.78 is 20.5. The Morgan fingerprint density at radius 3 is 2.17 bits per heavy atom. The van der Waals surface area contributed by atoms with Crippen LogP contribution in [0.3, 0.4) is 0 Å². The van der Waals surface area contributed by atoms with E-state index in [1.54, 1.807) is 0 Å². The molecule has 0 radical (unpaired) electrons. The van der Waals surface area contributed by atoms with Gasteiger partial charge in [-0.25, -0.2) is 4.79 Å². The predicted octanol–water partition coefficient (Wildman–Crippen LogP) is 1.66. The summed E-state index contributed by atoms with van der Waals surface area (Å²) in [5, 5.41) is 0. The van der Waals surface area contributed by atoms with Gasteiger partial charge >= 0.3 is 12.0 Å². The molecule has 7 heteroatoms. The first-order valence-corrected chi connectivity index (χ1v) is 6.91. The van der Waals surface area contributed by atoms with Crippen LogP contribution in [0, 0.1) is 0 Å². The van der Waals surface area contributed by atoms with Crippen molar-refractivity contribution in [3.63, 3.8) is 0 Å². The van der Waals surface area contributed by atoms with E-state index in [0.29, 0.717) is 6.42 Å². The van der Waals surface area contributed by atoms with Gasteiger partial charge in [0.15, 0.2) is 0 Å². The van der Waals surface area contributed by atoms with Crippen LogP contribution in [0.2, 0.25) is 0 Å². The molecular weight excluding hydrogens is 300 g/mol. The third-order valence-electron chi connectivity index (χ3n) is 3.05. The van der Waals surface area contributed by atoms with E-state index in [1.807, 2.05) is 30.3 Å². The number of carbonyl (C=O) groups excluding carboxylic acids is 1. The van der Waals surface area contributed by atoms with Crippen molar-refractivity contribution in [2.45, 2.75) is 12.5 Å². The summed E-state index contributed by atoms with van der Waals surface area (Å²) in [6.45, 7) is 0. The number of aromatic nitrogens is 2. The van der Waals surface area contributed by atoms with Crippen LogP contribution in [-0.2, 0) is 16.0 Å². The largest absolute Gasteiger partial charge is 0.481 e. The van der Waals surface area contributed by atoms with Crippen molar-refractivity contribution in [2.24, 2.45) is 0 Å². The van der Waals surface area contributed by atoms with E-state index < -0.39 is 12.1 Å². The summed E-state index contributed by atoms with van der Waals surface area (Å²) in [6.07, 6.45) is -0.546. The summed E-state index contributed by atoms with van der Waals surface area (Å²) in [4.78, 5) is 20.1. The quantitative estimate of drug-likeness (QED) is 0.718. The number of hydrogen-bond acceptors (Lipinski definition) is 7. The molecule has 1 atom stereocenters. The molecule has 0 aliphatic rings. The molecule has 2 aromatic rings. The molecule has 1 aromatic carbocycles. The highest BCUT2D eigenvalue weighted by molar-refractivity contribution is 5.75. The van der Waals surface area contributed by atoms with E-state index in [9.17, 15) is 4.79 Å². The minimum Gasteiger partial charge on any atom is -0.481 e. The van der Waals surface area contributed by atoms with Crippen molar-refractivity contribution < 1.29 is 23.7 Å². The standard InChI is InChI=1S/C16H18N2O5/c1-20-13-10-14(21-2)18-16(17-13)23-12(15(19)22-3)9-11-7-5-4-6-8-11/h4-8,10,12H,9H2,1-3H3. The zero-order chi connectivity index (χ0) is 16.7. The zero-order valence-corrected chi connectivity index (χ0v) is 13.2. The molecule has 0 spiro atoms. The number of methoxy groups -OCH3 is 3. The van der Waals surface area contributed by atoms with Crippen LogP contribution >= 0.6 is 0 Å². The van der Waals surface area contributed by atoms with Gasteiger partial charge in [-0.15, -0.1) is 0 Å². The van der Waals surface area contributed by atoms with Gasteiger partial charge in [0.25, 0.3) is 0 Å². The molecule has 1 unspecified atom stereocenters. The Labute approximate surface area is 134 Å². The van der Waals surface area contributed by atoms with Gasteiger partial charge in [-0.3, -0.25) is 0 Å². The summed E-state index contributed by atoms with van der Waals surface area (Å²) in [6, 6.07) is 10.9. The van der Waals surface area contributed by atoms with Crippen LogP contribution in [0.15, 0.2) is 36.4 Å². The van der Waals surface area contributed by atoms with Crippen LogP contribution in [0.1, 0.15) is 5.56 Å². The third-order valence-corrected chi connectivity index (χ3v) is 3.05. The first-order chi connectivity index (χ1) is 11.2. The van der Waals surface area contributed by atoms with Crippen molar-refractivity contribution in [1.82, 2.24) is 9.97 Å². The SMILES string of the molecule is COC(=O)C(Cc1ccccc1)Oc1nc(OC)cc(OC)n1. The normalized spacial score (nSPS) is 11.4. The van der Waals surface area contributed by atoms with Gasteiger partial charge in [0, 0.05) is 6.42 Å². The zero-order valence-electron chi connectivity index (χ0n) is 13.2. The number of benzene rings is 1. The van der Waals surface area contributed by atoms with Gasteiger partial charge < -0.3 is 18.9 Å². The summed E-state index contributed by atoms with van der Waals surface area (Å²) in [7, 11) is 4.23. The van der Waals surface area contributed by atoms with Crippen LogP contribution in [0.25, 0.3) is 0 Å². The van der Waals surface area contributed by atoms with Crippen LogP contribution in [-0.4, -0.2) is 43.4 Å². The van der Waals surface area contributed by atoms with Crippen LogP contribution in [0.5, 0.6) is 17.8 Å². The van der Waals surface area contributed by atoms with E-state index in [0.717, 1.165) is 5.56 Å². The lowest BCUT2D eigenvalue weighted by Gasteiger charge is -2.16. The lowest BCUT2D eigenvalue weighted by atomic mass is 10.1. The van der Waals surface area contributed by atoms with E-state index in [-0.39, 0.29) is 17.8 Å². The molecule has 0 fully saturated rings. The van der Waals surface area contributed by atoms with Crippen molar-refractivity contribution in [3.8, 4) is 17.8 Å². The highest BCUT2D eigenvalue weighted by Crippen LogP contribution is 2.20. The molecule has 0 bridgehead atoms. The Morgan fingerprint density at radius 1 is 1.04 bits per heavy atom. The second-order valence-corrected chi connectivity index (χ2v) is 4.55. The van der Waals surface area contributed by atoms with Crippen molar-refractivity contribution >= 4 is 5.97 Å². The molecule has 0 amide bonds. The molecule has 0 saturated heterocycles. The molecule has 0 aliphatic carbocycles. The molecule has 0 N–H and O–H groups in total. The van der Waals surface area contributed by atoms with Gasteiger partial charge in [-0.05, 0) is 5.56 Å².